The number of fused-ring (bicyclic) bond motifs is 1. The highest BCUT2D eigenvalue weighted by Gasteiger charge is 2.48. The molecule has 5 rings (SSSR count). The van der Waals surface area contributed by atoms with Gasteiger partial charge in [0.05, 0.1) is 6.54 Å². The van der Waals surface area contributed by atoms with E-state index in [1.807, 2.05) is 64.9 Å². The molecule has 0 saturated heterocycles. The van der Waals surface area contributed by atoms with E-state index >= 15 is 0 Å². The number of aryl methyl sites for hydroxylation is 1. The molecular weight excluding hydrogens is 422 g/mol. The fraction of sp³-hybridized carbons (Fsp3) is 0.379. The molecule has 0 spiro atoms. The summed E-state index contributed by atoms with van der Waals surface area (Å²) >= 11 is 0. The lowest BCUT2D eigenvalue weighted by molar-refractivity contribution is -0.133. The second-order valence-electron chi connectivity index (χ2n) is 9.83. The van der Waals surface area contributed by atoms with Crippen LogP contribution in [0.1, 0.15) is 55.1 Å². The molecule has 34 heavy (non-hydrogen) atoms. The van der Waals surface area contributed by atoms with Crippen LogP contribution in [0.2, 0.25) is 0 Å². The molecule has 1 N–H and O–H groups in total. The third kappa shape index (κ3) is 4.27. The molecule has 0 bridgehead atoms. The lowest BCUT2D eigenvalue weighted by Gasteiger charge is -2.45. The van der Waals surface area contributed by atoms with Gasteiger partial charge in [-0.15, -0.1) is 0 Å². The first kappa shape index (κ1) is 22.5. The van der Waals surface area contributed by atoms with Crippen LogP contribution in [0.3, 0.4) is 0 Å². The quantitative estimate of drug-likeness (QED) is 0.541. The monoisotopic (exact) mass is 455 g/mol. The maximum Gasteiger partial charge on any atom is 0.271 e. The predicted octanol–water partition coefficient (Wildman–Crippen LogP) is 5.06. The average molecular weight is 456 g/mol. The van der Waals surface area contributed by atoms with Gasteiger partial charge >= 0.3 is 0 Å². The Morgan fingerprint density at radius 1 is 0.941 bits per heavy atom. The summed E-state index contributed by atoms with van der Waals surface area (Å²) in [5, 5.41) is 3.28. The molecule has 1 saturated carbocycles. The average Bonchev–Trinajstić information content (AvgIpc) is 3.52. The van der Waals surface area contributed by atoms with Crippen molar-refractivity contribution in [1.82, 2.24) is 14.8 Å². The number of amides is 2. The molecular formula is C29H33N3O2. The van der Waals surface area contributed by atoms with E-state index in [2.05, 4.69) is 29.6 Å². The van der Waals surface area contributed by atoms with Crippen LogP contribution in [0, 0.1) is 0 Å². The van der Waals surface area contributed by atoms with Crippen molar-refractivity contribution in [2.75, 3.05) is 6.54 Å². The van der Waals surface area contributed by atoms with E-state index in [-0.39, 0.29) is 17.9 Å². The molecule has 3 aromatic rings. The highest BCUT2D eigenvalue weighted by atomic mass is 16.2. The van der Waals surface area contributed by atoms with Gasteiger partial charge in [-0.05, 0) is 55.9 Å². The van der Waals surface area contributed by atoms with Gasteiger partial charge in [0, 0.05) is 18.3 Å². The third-order valence-corrected chi connectivity index (χ3v) is 7.45. The van der Waals surface area contributed by atoms with Gasteiger partial charge < -0.3 is 14.8 Å². The molecule has 2 aromatic carbocycles. The molecule has 2 heterocycles. The molecule has 5 heteroatoms. The van der Waals surface area contributed by atoms with Gasteiger partial charge in [0.25, 0.3) is 5.91 Å². The Hall–Kier alpha value is -3.34. The Balaban J connectivity index is 1.45. The van der Waals surface area contributed by atoms with Crippen molar-refractivity contribution >= 4 is 11.8 Å². The summed E-state index contributed by atoms with van der Waals surface area (Å²) in [5.41, 5.74) is 3.00. The zero-order chi connectivity index (χ0) is 23.5. The van der Waals surface area contributed by atoms with E-state index in [9.17, 15) is 9.59 Å². The molecule has 2 amide bonds. The normalized spacial score (nSPS) is 20.4. The zero-order valence-electron chi connectivity index (χ0n) is 19.9. The third-order valence-electron chi connectivity index (χ3n) is 7.45. The number of nitrogens with zero attached hydrogens (tertiary/aromatic N) is 2. The van der Waals surface area contributed by atoms with Gasteiger partial charge in [0.2, 0.25) is 5.91 Å². The number of benzene rings is 2. The van der Waals surface area contributed by atoms with Crippen molar-refractivity contribution < 1.29 is 9.59 Å². The first-order valence-corrected chi connectivity index (χ1v) is 12.5. The number of nitrogens with one attached hydrogen (secondary N) is 1. The Labute approximate surface area is 201 Å². The largest absolute Gasteiger partial charge is 0.351 e. The van der Waals surface area contributed by atoms with Crippen LogP contribution >= 0.6 is 0 Å². The standard InChI is InChI=1S/C29H33N3O2/c1-29(28(34)30-24-16-8-9-17-24)21-31-25(23-14-6-3-7-15-23)18-19-26(31)27(33)32(29)20-10-13-22-11-4-2-5-12-22/h2-7,11-12,14-15,18-19,24H,8-10,13,16-17,20-21H2,1H3,(H,30,34)/t29-/m0/s1. The van der Waals surface area contributed by atoms with Crippen molar-refractivity contribution in [3.8, 4) is 11.3 Å². The number of rotatable bonds is 7. The Morgan fingerprint density at radius 3 is 2.29 bits per heavy atom. The molecule has 1 aliphatic heterocycles. The van der Waals surface area contributed by atoms with E-state index < -0.39 is 5.54 Å². The first-order chi connectivity index (χ1) is 16.6. The molecule has 1 fully saturated rings. The second-order valence-corrected chi connectivity index (χ2v) is 9.83. The van der Waals surface area contributed by atoms with Crippen molar-refractivity contribution in [1.29, 1.82) is 0 Å². The van der Waals surface area contributed by atoms with Gasteiger partial charge in [0.1, 0.15) is 11.2 Å². The van der Waals surface area contributed by atoms with Gasteiger partial charge in [0.15, 0.2) is 0 Å². The van der Waals surface area contributed by atoms with E-state index in [0.717, 1.165) is 49.8 Å². The summed E-state index contributed by atoms with van der Waals surface area (Å²) < 4.78 is 2.04. The second kappa shape index (κ2) is 9.49. The minimum atomic E-state index is -0.939. The van der Waals surface area contributed by atoms with Crippen LogP contribution in [-0.2, 0) is 17.8 Å². The highest BCUT2D eigenvalue weighted by Crippen LogP contribution is 2.34. The Bertz CT molecular complexity index is 1150. The number of hydrogen-bond donors (Lipinski definition) is 1. The van der Waals surface area contributed by atoms with Crippen LogP contribution in [-0.4, -0.2) is 39.4 Å². The smallest absolute Gasteiger partial charge is 0.271 e. The van der Waals surface area contributed by atoms with Crippen molar-refractivity contribution in [3.05, 3.63) is 84.1 Å². The van der Waals surface area contributed by atoms with Gasteiger partial charge in [-0.3, -0.25) is 9.59 Å². The summed E-state index contributed by atoms with van der Waals surface area (Å²) in [6, 6.07) is 24.5. The van der Waals surface area contributed by atoms with Crippen molar-refractivity contribution in [3.63, 3.8) is 0 Å². The van der Waals surface area contributed by atoms with Crippen LogP contribution in [0.4, 0.5) is 0 Å². The topological polar surface area (TPSA) is 54.3 Å². The Kier molecular flexibility index (Phi) is 6.27. The number of hydrogen-bond acceptors (Lipinski definition) is 2. The molecule has 176 valence electrons. The SMILES string of the molecule is C[C@@]1(C(=O)NC2CCCC2)Cn2c(ccc2-c2ccccc2)C(=O)N1CCCc1ccccc1. The van der Waals surface area contributed by atoms with Crippen molar-refractivity contribution in [2.45, 2.75) is 63.6 Å². The van der Waals surface area contributed by atoms with Crippen LogP contribution in [0.15, 0.2) is 72.8 Å². The van der Waals surface area contributed by atoms with Crippen LogP contribution in [0.5, 0.6) is 0 Å². The minimum Gasteiger partial charge on any atom is -0.351 e. The lowest BCUT2D eigenvalue weighted by atomic mass is 9.93. The lowest BCUT2D eigenvalue weighted by Crippen LogP contribution is -2.65. The summed E-state index contributed by atoms with van der Waals surface area (Å²) in [5.74, 6) is -0.101. The molecule has 0 unspecified atom stereocenters. The highest BCUT2D eigenvalue weighted by molar-refractivity contribution is 6.00. The summed E-state index contributed by atoms with van der Waals surface area (Å²) in [6.45, 7) is 2.94. The fourth-order valence-corrected chi connectivity index (χ4v) is 5.48. The van der Waals surface area contributed by atoms with E-state index in [1.165, 1.54) is 5.56 Å². The molecule has 5 nitrogen and oxygen atoms in total. The predicted molar refractivity (Wildman–Crippen MR) is 134 cm³/mol. The number of aromatic nitrogens is 1. The zero-order valence-corrected chi connectivity index (χ0v) is 19.9. The Morgan fingerprint density at radius 2 is 1.59 bits per heavy atom. The van der Waals surface area contributed by atoms with Gasteiger partial charge in [-0.2, -0.15) is 0 Å². The van der Waals surface area contributed by atoms with E-state index in [0.29, 0.717) is 18.8 Å². The minimum absolute atomic E-state index is 0.0363. The van der Waals surface area contributed by atoms with Crippen molar-refractivity contribution in [2.24, 2.45) is 0 Å². The molecule has 0 radical (unpaired) electrons. The van der Waals surface area contributed by atoms with Crippen LogP contribution in [0.25, 0.3) is 11.3 Å². The maximum absolute atomic E-state index is 13.8. The number of carbonyl (C=O) groups is 2. The maximum atomic E-state index is 13.8. The van der Waals surface area contributed by atoms with E-state index in [1.54, 1.807) is 0 Å². The molecule has 1 aromatic heterocycles. The van der Waals surface area contributed by atoms with Gasteiger partial charge in [-0.25, -0.2) is 0 Å². The van der Waals surface area contributed by atoms with E-state index in [4.69, 9.17) is 0 Å². The summed E-state index contributed by atoms with van der Waals surface area (Å²) in [7, 11) is 0. The summed E-state index contributed by atoms with van der Waals surface area (Å²) in [4.78, 5) is 29.3. The first-order valence-electron chi connectivity index (χ1n) is 12.5. The molecule has 1 atom stereocenters. The van der Waals surface area contributed by atoms with Crippen LogP contribution < -0.4 is 5.32 Å². The number of carbonyl (C=O) groups excluding carboxylic acids is 2. The molecule has 1 aliphatic carbocycles. The summed E-state index contributed by atoms with van der Waals surface area (Å²) in [6.07, 6.45) is 6.04. The van der Waals surface area contributed by atoms with Gasteiger partial charge in [-0.1, -0.05) is 73.5 Å². The fourth-order valence-electron chi connectivity index (χ4n) is 5.48. The molecule has 2 aliphatic rings.